The molecule has 13 heteroatoms. The number of thiophene rings is 3. The zero-order chi connectivity index (χ0) is 36.6. The largest absolute Gasteiger partial charge is 0.497 e. The molecule has 3 heterocycles. The van der Waals surface area contributed by atoms with Crippen LogP contribution in [-0.4, -0.2) is 21.9 Å². The molecule has 10 nitrogen and oxygen atoms in total. The Morgan fingerprint density at radius 2 is 0.942 bits per heavy atom. The van der Waals surface area contributed by atoms with Crippen molar-refractivity contribution in [3.05, 3.63) is 175 Å². The quantitative estimate of drug-likeness (QED) is 0.117. The van der Waals surface area contributed by atoms with Crippen LogP contribution >= 0.6 is 34.0 Å². The highest BCUT2D eigenvalue weighted by molar-refractivity contribution is 7.22. The van der Waals surface area contributed by atoms with E-state index < -0.39 is 0 Å². The van der Waals surface area contributed by atoms with Gasteiger partial charge in [0.05, 0.1) is 44.6 Å². The van der Waals surface area contributed by atoms with E-state index in [1.54, 1.807) is 65.1 Å². The first-order valence-electron chi connectivity index (χ1n) is 15.5. The summed E-state index contributed by atoms with van der Waals surface area (Å²) in [4.78, 5) is 34.7. The summed E-state index contributed by atoms with van der Waals surface area (Å²) in [6.45, 7) is 0. The van der Waals surface area contributed by atoms with Crippen LogP contribution in [0.3, 0.4) is 0 Å². The number of fused-ring (bicyclic) bond motifs is 2. The van der Waals surface area contributed by atoms with E-state index in [2.05, 4.69) is 0 Å². The molecule has 0 amide bonds. The molecule has 0 N–H and O–H groups in total. The van der Waals surface area contributed by atoms with Crippen LogP contribution in [0.5, 0.6) is 5.75 Å². The van der Waals surface area contributed by atoms with Crippen LogP contribution < -0.4 is 4.74 Å². The molecule has 0 saturated carbocycles. The first kappa shape index (κ1) is 35.5. The van der Waals surface area contributed by atoms with Gasteiger partial charge in [-0.1, -0.05) is 66.7 Å². The minimum absolute atomic E-state index is 0.0657. The number of nitro benzene ring substituents is 3. The van der Waals surface area contributed by atoms with E-state index in [1.807, 2.05) is 90.3 Å². The highest BCUT2D eigenvalue weighted by Gasteiger charge is 2.19. The Labute approximate surface area is 308 Å². The zero-order valence-electron chi connectivity index (χ0n) is 27.3. The van der Waals surface area contributed by atoms with Gasteiger partial charge in [0.1, 0.15) is 5.75 Å². The minimum Gasteiger partial charge on any atom is -0.497 e. The predicted octanol–water partition coefficient (Wildman–Crippen LogP) is 12.3. The Morgan fingerprint density at radius 1 is 0.481 bits per heavy atom. The Balaban J connectivity index is 0.000000136. The molecule has 0 aliphatic carbocycles. The van der Waals surface area contributed by atoms with Crippen LogP contribution in [0.4, 0.5) is 17.1 Å². The lowest BCUT2D eigenvalue weighted by Crippen LogP contribution is -1.92. The van der Waals surface area contributed by atoms with E-state index in [1.165, 1.54) is 30.6 Å². The summed E-state index contributed by atoms with van der Waals surface area (Å²) in [5.41, 5.74) is 2.38. The number of methoxy groups -OCH3 is 1. The highest BCUT2D eigenvalue weighted by Crippen LogP contribution is 2.40. The van der Waals surface area contributed by atoms with Crippen molar-refractivity contribution in [2.24, 2.45) is 0 Å². The van der Waals surface area contributed by atoms with Crippen LogP contribution in [0, 0.1) is 30.3 Å². The maximum absolute atomic E-state index is 11.2. The molecule has 0 bridgehead atoms. The summed E-state index contributed by atoms with van der Waals surface area (Å²) in [7, 11) is 1.50. The van der Waals surface area contributed by atoms with Crippen molar-refractivity contribution in [2.75, 3.05) is 7.11 Å². The highest BCUT2D eigenvalue weighted by atomic mass is 32.1. The zero-order valence-corrected chi connectivity index (χ0v) is 29.7. The van der Waals surface area contributed by atoms with Crippen molar-refractivity contribution in [3.63, 3.8) is 0 Å². The Bertz CT molecular complexity index is 2460. The van der Waals surface area contributed by atoms with Crippen LogP contribution in [-0.2, 0) is 0 Å². The van der Waals surface area contributed by atoms with Gasteiger partial charge in [0.15, 0.2) is 0 Å². The molecule has 0 aliphatic rings. The van der Waals surface area contributed by atoms with Crippen molar-refractivity contribution in [2.45, 2.75) is 0 Å². The fourth-order valence-electron chi connectivity index (χ4n) is 5.34. The van der Waals surface area contributed by atoms with Gasteiger partial charge in [-0.2, -0.15) is 0 Å². The van der Waals surface area contributed by atoms with Gasteiger partial charge in [-0.05, 0) is 70.7 Å². The van der Waals surface area contributed by atoms with Gasteiger partial charge in [0.25, 0.3) is 17.1 Å². The molecule has 0 radical (unpaired) electrons. The molecule has 3 aromatic heterocycles. The molecule has 8 rings (SSSR count). The van der Waals surface area contributed by atoms with Crippen molar-refractivity contribution < 1.29 is 19.5 Å². The maximum atomic E-state index is 11.2. The second-order valence-corrected chi connectivity index (χ2v) is 14.1. The second-order valence-electron chi connectivity index (χ2n) is 11.0. The standard InChI is InChI=1S/C15H11NO3S.C14H9NO2S.C10H7NO2S/c1-19-11-6-7-12(13(9-11)16(17)18)15-8-10-4-2-3-5-14(10)20-15;16-15(17)12-7-3-2-6-11(12)14-9-10-5-1-4-8-13(10)18-14;12-11(13)9-5-2-1-4-8(9)10-6-3-7-14-10/h2-9H,1H3;1-9H;1-7H. The smallest absolute Gasteiger partial charge is 0.281 e. The van der Waals surface area contributed by atoms with Gasteiger partial charge in [-0.25, -0.2) is 0 Å². The SMILES string of the molecule is COc1ccc(-c2cc3ccccc3s2)c([N+](=O)[O-])c1.O=[N+]([O-])c1ccccc1-c1cc2ccccc2s1.O=[N+]([O-])c1ccccc1-c1cccs1. The number of rotatable bonds is 7. The molecule has 52 heavy (non-hydrogen) atoms. The van der Waals surface area contributed by atoms with E-state index >= 15 is 0 Å². The molecule has 258 valence electrons. The van der Waals surface area contributed by atoms with Gasteiger partial charge >= 0.3 is 0 Å². The van der Waals surface area contributed by atoms with Gasteiger partial charge in [0, 0.05) is 36.2 Å². The lowest BCUT2D eigenvalue weighted by molar-refractivity contribution is -0.384. The van der Waals surface area contributed by atoms with Crippen molar-refractivity contribution in [1.82, 2.24) is 0 Å². The molecule has 8 aromatic rings. The third-order valence-electron chi connectivity index (χ3n) is 7.77. The number of ether oxygens (including phenoxy) is 1. The van der Waals surface area contributed by atoms with E-state index in [4.69, 9.17) is 4.74 Å². The number of benzene rings is 5. The van der Waals surface area contributed by atoms with Gasteiger partial charge in [-0.3, -0.25) is 30.3 Å². The van der Waals surface area contributed by atoms with Crippen LogP contribution in [0.25, 0.3) is 51.5 Å². The monoisotopic (exact) mass is 745 g/mol. The number of nitro groups is 3. The molecular formula is C39H27N3O7S3. The van der Waals surface area contributed by atoms with E-state index in [0.717, 1.165) is 34.8 Å². The van der Waals surface area contributed by atoms with Crippen molar-refractivity contribution in [3.8, 4) is 37.1 Å². The Hall–Kier alpha value is -6.28. The molecule has 0 aliphatic heterocycles. The minimum atomic E-state index is -0.373. The normalized spacial score (nSPS) is 10.5. The number of nitrogens with zero attached hydrogens (tertiary/aromatic N) is 3. The van der Waals surface area contributed by atoms with E-state index in [0.29, 0.717) is 22.4 Å². The average molecular weight is 746 g/mol. The maximum Gasteiger partial charge on any atom is 0.281 e. The molecule has 0 spiro atoms. The third kappa shape index (κ3) is 8.02. The Kier molecular flexibility index (Phi) is 11.0. The molecule has 5 aromatic carbocycles. The second kappa shape index (κ2) is 16.2. The first-order valence-corrected chi connectivity index (χ1v) is 18.1. The summed E-state index contributed by atoms with van der Waals surface area (Å²) >= 11 is 4.63. The lowest BCUT2D eigenvalue weighted by atomic mass is 10.1. The number of hydrogen-bond donors (Lipinski definition) is 0. The van der Waals surface area contributed by atoms with Gasteiger partial charge in [0.2, 0.25) is 0 Å². The van der Waals surface area contributed by atoms with E-state index in [9.17, 15) is 30.3 Å². The van der Waals surface area contributed by atoms with Crippen LogP contribution in [0.2, 0.25) is 0 Å². The summed E-state index contributed by atoms with van der Waals surface area (Å²) in [6, 6.07) is 42.2. The third-order valence-corrected chi connectivity index (χ3v) is 11.0. The van der Waals surface area contributed by atoms with Crippen molar-refractivity contribution in [1.29, 1.82) is 0 Å². The molecule has 0 unspecified atom stereocenters. The summed E-state index contributed by atoms with van der Waals surface area (Å²) in [5.74, 6) is 0.488. The van der Waals surface area contributed by atoms with Crippen LogP contribution in [0.15, 0.2) is 145 Å². The van der Waals surface area contributed by atoms with Gasteiger partial charge in [-0.15, -0.1) is 34.0 Å². The fourth-order valence-corrected chi connectivity index (χ4v) is 8.30. The van der Waals surface area contributed by atoms with Crippen LogP contribution in [0.1, 0.15) is 0 Å². The first-order chi connectivity index (χ1) is 25.2. The molecule has 0 saturated heterocycles. The molecule has 0 atom stereocenters. The Morgan fingerprint density at radius 3 is 1.40 bits per heavy atom. The summed E-state index contributed by atoms with van der Waals surface area (Å²) in [5, 5.41) is 37.1. The van der Waals surface area contributed by atoms with E-state index in [-0.39, 0.29) is 31.8 Å². The summed E-state index contributed by atoms with van der Waals surface area (Å²) < 4.78 is 7.32. The fraction of sp³-hybridized carbons (Fsp3) is 0.0256. The summed E-state index contributed by atoms with van der Waals surface area (Å²) in [6.07, 6.45) is 0. The number of hydrogen-bond acceptors (Lipinski definition) is 10. The van der Waals surface area contributed by atoms with Crippen molar-refractivity contribution >= 4 is 71.2 Å². The topological polar surface area (TPSA) is 139 Å². The molecule has 0 fully saturated rings. The number of para-hydroxylation sites is 2. The molecular weight excluding hydrogens is 719 g/mol. The van der Waals surface area contributed by atoms with Gasteiger partial charge < -0.3 is 4.74 Å². The average Bonchev–Trinajstić information content (AvgIpc) is 3.95. The predicted molar refractivity (Wildman–Crippen MR) is 211 cm³/mol. The lowest BCUT2D eigenvalue weighted by Gasteiger charge is -2.03.